The van der Waals surface area contributed by atoms with Gasteiger partial charge >= 0.3 is 11.9 Å². The Morgan fingerprint density at radius 2 is 1.91 bits per heavy atom. The summed E-state index contributed by atoms with van der Waals surface area (Å²) in [6, 6.07) is 5.19. The van der Waals surface area contributed by atoms with Gasteiger partial charge in [0.15, 0.2) is 0 Å². The predicted molar refractivity (Wildman–Crippen MR) is 75.2 cm³/mol. The van der Waals surface area contributed by atoms with E-state index >= 15 is 0 Å². The van der Waals surface area contributed by atoms with Gasteiger partial charge in [0.1, 0.15) is 12.4 Å². The van der Waals surface area contributed by atoms with Crippen molar-refractivity contribution >= 4 is 5.97 Å². The zero-order chi connectivity index (χ0) is 16.4. The molecule has 0 N–H and O–H groups in total. The summed E-state index contributed by atoms with van der Waals surface area (Å²) in [5.74, 6) is -5.04. The largest absolute Gasteiger partial charge is 0.491 e. The van der Waals surface area contributed by atoms with Gasteiger partial charge < -0.3 is 18.9 Å². The molecule has 0 atom stereocenters. The first-order chi connectivity index (χ1) is 10.5. The highest BCUT2D eigenvalue weighted by molar-refractivity contribution is 5.79. The van der Waals surface area contributed by atoms with Crippen LogP contribution in [0.15, 0.2) is 24.3 Å². The minimum atomic E-state index is -3.70. The van der Waals surface area contributed by atoms with Crippen LogP contribution in [0, 0.1) is 0 Å². The van der Waals surface area contributed by atoms with E-state index < -0.39 is 17.5 Å². The van der Waals surface area contributed by atoms with Crippen LogP contribution in [0.25, 0.3) is 0 Å². The van der Waals surface area contributed by atoms with Crippen molar-refractivity contribution in [3.8, 4) is 5.75 Å². The summed E-state index contributed by atoms with van der Waals surface area (Å²) in [5, 5.41) is 0. The lowest BCUT2D eigenvalue weighted by Crippen LogP contribution is -2.28. The Bertz CT molecular complexity index is 465. The van der Waals surface area contributed by atoms with Crippen LogP contribution < -0.4 is 4.74 Å². The van der Waals surface area contributed by atoms with E-state index in [9.17, 15) is 13.6 Å². The summed E-state index contributed by atoms with van der Waals surface area (Å²) in [5.41, 5.74) is -0.469. The normalized spacial score (nSPS) is 11.3. The lowest BCUT2D eigenvalue weighted by molar-refractivity contribution is -0.173. The fraction of sp³-hybridized carbons (Fsp3) is 0.533. The van der Waals surface area contributed by atoms with Crippen LogP contribution in [0.3, 0.4) is 0 Å². The number of alkyl halides is 2. The summed E-state index contributed by atoms with van der Waals surface area (Å²) < 4.78 is 47.4. The van der Waals surface area contributed by atoms with Crippen molar-refractivity contribution < 1.29 is 32.5 Å². The fourth-order valence-corrected chi connectivity index (χ4v) is 1.58. The van der Waals surface area contributed by atoms with Gasteiger partial charge in [0.25, 0.3) is 0 Å². The zero-order valence-electron chi connectivity index (χ0n) is 12.6. The topological polar surface area (TPSA) is 54.0 Å². The summed E-state index contributed by atoms with van der Waals surface area (Å²) >= 11 is 0. The van der Waals surface area contributed by atoms with Gasteiger partial charge in [0.2, 0.25) is 0 Å². The third-order valence-electron chi connectivity index (χ3n) is 2.66. The highest BCUT2D eigenvalue weighted by Crippen LogP contribution is 2.31. The van der Waals surface area contributed by atoms with Crippen molar-refractivity contribution in [2.75, 3.05) is 40.1 Å². The maximum Gasteiger partial charge on any atom is 0.381 e. The molecule has 0 saturated carbocycles. The molecule has 0 aromatic heterocycles. The molecule has 124 valence electrons. The summed E-state index contributed by atoms with van der Waals surface area (Å²) in [6.45, 7) is 2.78. The lowest BCUT2D eigenvalue weighted by atomic mass is 10.1. The quantitative estimate of drug-likeness (QED) is 0.490. The van der Waals surface area contributed by atoms with Crippen LogP contribution in [0.2, 0.25) is 0 Å². The molecule has 0 amide bonds. The third kappa shape index (κ3) is 5.57. The first-order valence-electron chi connectivity index (χ1n) is 6.87. The molecule has 1 rings (SSSR count). The Hall–Kier alpha value is -1.73. The van der Waals surface area contributed by atoms with Crippen LogP contribution >= 0.6 is 0 Å². The van der Waals surface area contributed by atoms with Crippen molar-refractivity contribution in [2.45, 2.75) is 12.8 Å². The molecule has 1 aromatic carbocycles. The monoisotopic (exact) mass is 318 g/mol. The van der Waals surface area contributed by atoms with Gasteiger partial charge in [-0.3, -0.25) is 0 Å². The summed E-state index contributed by atoms with van der Waals surface area (Å²) in [6.07, 6.45) is 0. The molecule has 0 radical (unpaired) electrons. The highest BCUT2D eigenvalue weighted by Gasteiger charge is 2.42. The minimum absolute atomic E-state index is 0.108. The molecule has 0 saturated heterocycles. The number of hydrogen-bond donors (Lipinski definition) is 0. The van der Waals surface area contributed by atoms with E-state index in [4.69, 9.17) is 14.2 Å². The molecule has 1 aromatic rings. The number of hydrogen-bond acceptors (Lipinski definition) is 5. The highest BCUT2D eigenvalue weighted by atomic mass is 19.3. The Labute approximate surface area is 128 Å². The van der Waals surface area contributed by atoms with Crippen molar-refractivity contribution in [1.82, 2.24) is 0 Å². The molecule has 0 spiro atoms. The first kappa shape index (κ1) is 18.3. The first-order valence-corrected chi connectivity index (χ1v) is 6.87. The molecular weight excluding hydrogens is 298 g/mol. The molecule has 0 bridgehead atoms. The zero-order valence-corrected chi connectivity index (χ0v) is 12.6. The van der Waals surface area contributed by atoms with Crippen LogP contribution in [-0.4, -0.2) is 46.1 Å². The van der Waals surface area contributed by atoms with E-state index in [2.05, 4.69) is 4.74 Å². The average molecular weight is 318 g/mol. The van der Waals surface area contributed by atoms with Gasteiger partial charge in [-0.1, -0.05) is 12.1 Å². The van der Waals surface area contributed by atoms with Gasteiger partial charge in [0, 0.05) is 12.7 Å². The number of ether oxygens (including phenoxy) is 4. The fourth-order valence-electron chi connectivity index (χ4n) is 1.58. The van der Waals surface area contributed by atoms with Crippen LogP contribution in [0.4, 0.5) is 8.78 Å². The number of halogens is 2. The van der Waals surface area contributed by atoms with Crippen molar-refractivity contribution in [3.05, 3.63) is 29.8 Å². The van der Waals surface area contributed by atoms with Crippen molar-refractivity contribution in [1.29, 1.82) is 0 Å². The van der Waals surface area contributed by atoms with E-state index in [1.54, 1.807) is 7.11 Å². The SMILES string of the molecule is CCOC(=O)C(F)(F)c1cccc(OCCOCCOC)c1. The second-order valence-corrected chi connectivity index (χ2v) is 4.28. The van der Waals surface area contributed by atoms with Gasteiger partial charge in [-0.2, -0.15) is 8.78 Å². The molecule has 0 fully saturated rings. The summed E-state index contributed by atoms with van der Waals surface area (Å²) in [7, 11) is 1.56. The van der Waals surface area contributed by atoms with Crippen LogP contribution in [-0.2, 0) is 24.9 Å². The molecule has 22 heavy (non-hydrogen) atoms. The summed E-state index contributed by atoms with van der Waals surface area (Å²) in [4.78, 5) is 11.3. The molecule has 0 aliphatic heterocycles. The van der Waals surface area contributed by atoms with E-state index in [1.165, 1.54) is 19.1 Å². The Morgan fingerprint density at radius 1 is 1.18 bits per heavy atom. The van der Waals surface area contributed by atoms with Crippen molar-refractivity contribution in [3.63, 3.8) is 0 Å². The molecule has 7 heteroatoms. The minimum Gasteiger partial charge on any atom is -0.491 e. The van der Waals surface area contributed by atoms with E-state index in [0.717, 1.165) is 12.1 Å². The standard InChI is InChI=1S/C15H20F2O5/c1-3-21-14(18)15(16,17)12-5-4-6-13(11-12)22-10-9-20-8-7-19-2/h4-6,11H,3,7-10H2,1-2H3. The maximum absolute atomic E-state index is 13.9. The maximum atomic E-state index is 13.9. The van der Waals surface area contributed by atoms with Gasteiger partial charge in [-0.05, 0) is 19.1 Å². The van der Waals surface area contributed by atoms with Crippen LogP contribution in [0.1, 0.15) is 12.5 Å². The Morgan fingerprint density at radius 3 is 2.59 bits per heavy atom. The van der Waals surface area contributed by atoms with Gasteiger partial charge in [-0.25, -0.2) is 4.79 Å². The number of esters is 1. The number of benzene rings is 1. The predicted octanol–water partition coefficient (Wildman–Crippen LogP) is 2.38. The number of methoxy groups -OCH3 is 1. The van der Waals surface area contributed by atoms with Crippen LogP contribution in [0.5, 0.6) is 5.75 Å². The molecular formula is C15H20F2O5. The van der Waals surface area contributed by atoms with E-state index in [1.807, 2.05) is 0 Å². The molecule has 0 unspecified atom stereocenters. The van der Waals surface area contributed by atoms with E-state index in [0.29, 0.717) is 19.8 Å². The Balaban J connectivity index is 2.56. The second-order valence-electron chi connectivity index (χ2n) is 4.28. The molecule has 0 aliphatic carbocycles. The number of rotatable bonds is 10. The molecule has 0 heterocycles. The van der Waals surface area contributed by atoms with E-state index in [-0.39, 0.29) is 19.0 Å². The lowest BCUT2D eigenvalue weighted by Gasteiger charge is -2.16. The third-order valence-corrected chi connectivity index (χ3v) is 2.66. The number of carbonyl (C=O) groups excluding carboxylic acids is 1. The van der Waals surface area contributed by atoms with Gasteiger partial charge in [0.05, 0.1) is 26.4 Å². The van der Waals surface area contributed by atoms with Crippen molar-refractivity contribution in [2.24, 2.45) is 0 Å². The number of carbonyl (C=O) groups is 1. The Kier molecular flexibility index (Phi) is 7.76. The average Bonchev–Trinajstić information content (AvgIpc) is 2.51. The molecule has 5 nitrogen and oxygen atoms in total. The van der Waals surface area contributed by atoms with Gasteiger partial charge in [-0.15, -0.1) is 0 Å². The second kappa shape index (κ2) is 9.32. The molecule has 0 aliphatic rings. The smallest absolute Gasteiger partial charge is 0.381 e.